The normalized spacial score (nSPS) is 25.6. The lowest BCUT2D eigenvalue weighted by molar-refractivity contribution is 0.0503. The average molecular weight is 291 g/mol. The van der Waals surface area contributed by atoms with Gasteiger partial charge in [-0.05, 0) is 51.0 Å². The lowest BCUT2D eigenvalue weighted by Crippen LogP contribution is -2.38. The second-order valence-electron chi connectivity index (χ2n) is 6.77. The van der Waals surface area contributed by atoms with Crippen molar-refractivity contribution in [3.05, 3.63) is 35.9 Å². The Labute approximate surface area is 126 Å². The Hall–Kier alpha value is -1.55. The molecule has 1 aromatic rings. The number of carbonyl (C=O) groups is 1. The second kappa shape index (κ2) is 6.48. The van der Waals surface area contributed by atoms with E-state index in [9.17, 15) is 9.90 Å². The fraction of sp³-hybridized carbons (Fsp3) is 0.588. The number of rotatable bonds is 3. The maximum atomic E-state index is 11.9. The molecular formula is C17H25NO3. The Morgan fingerprint density at radius 2 is 1.95 bits per heavy atom. The molecule has 2 rings (SSSR count). The van der Waals surface area contributed by atoms with Crippen molar-refractivity contribution in [2.45, 2.75) is 51.2 Å². The third-order valence-corrected chi connectivity index (χ3v) is 3.88. The van der Waals surface area contributed by atoms with Gasteiger partial charge in [0.15, 0.2) is 0 Å². The summed E-state index contributed by atoms with van der Waals surface area (Å²) in [6, 6.07) is 10.2. The average Bonchev–Trinajstić information content (AvgIpc) is 2.80. The number of aliphatic hydroxyl groups excluding tert-OH is 1. The Morgan fingerprint density at radius 1 is 1.29 bits per heavy atom. The smallest absolute Gasteiger partial charge is 0.407 e. The van der Waals surface area contributed by atoms with Crippen LogP contribution in [0, 0.1) is 5.92 Å². The summed E-state index contributed by atoms with van der Waals surface area (Å²) in [5, 5.41) is 12.5. The van der Waals surface area contributed by atoms with Gasteiger partial charge >= 0.3 is 6.09 Å². The molecular weight excluding hydrogens is 266 g/mol. The molecule has 0 spiro atoms. The second-order valence-corrected chi connectivity index (χ2v) is 6.77. The van der Waals surface area contributed by atoms with Crippen LogP contribution in [0.25, 0.3) is 0 Å². The SMILES string of the molecule is CC(C)(C)OC(=O)N[C@H]1C[C@H](CO)[C@@H](c2ccccc2)C1. The predicted molar refractivity (Wildman–Crippen MR) is 82.2 cm³/mol. The number of ether oxygens (including phenoxy) is 1. The fourth-order valence-corrected chi connectivity index (χ4v) is 3.03. The van der Waals surface area contributed by atoms with E-state index >= 15 is 0 Å². The van der Waals surface area contributed by atoms with Crippen LogP contribution < -0.4 is 5.32 Å². The maximum Gasteiger partial charge on any atom is 0.407 e. The summed E-state index contributed by atoms with van der Waals surface area (Å²) in [6.07, 6.45) is 1.25. The molecule has 0 aromatic heterocycles. The molecule has 1 aliphatic rings. The van der Waals surface area contributed by atoms with Crippen molar-refractivity contribution >= 4 is 6.09 Å². The molecule has 0 bridgehead atoms. The Bertz CT molecular complexity index is 467. The topological polar surface area (TPSA) is 58.6 Å². The zero-order valence-corrected chi connectivity index (χ0v) is 13.0. The lowest BCUT2D eigenvalue weighted by atomic mass is 9.89. The molecule has 0 radical (unpaired) electrons. The molecule has 3 atom stereocenters. The van der Waals surface area contributed by atoms with Crippen LogP contribution in [-0.4, -0.2) is 29.4 Å². The highest BCUT2D eigenvalue weighted by Crippen LogP contribution is 2.39. The van der Waals surface area contributed by atoms with E-state index < -0.39 is 5.60 Å². The van der Waals surface area contributed by atoms with Crippen LogP contribution in [0.5, 0.6) is 0 Å². The Morgan fingerprint density at radius 3 is 2.52 bits per heavy atom. The maximum absolute atomic E-state index is 11.9. The first-order chi connectivity index (χ1) is 9.89. The summed E-state index contributed by atoms with van der Waals surface area (Å²) in [6.45, 7) is 5.70. The third-order valence-electron chi connectivity index (χ3n) is 3.88. The number of alkyl carbamates (subject to hydrolysis) is 1. The molecule has 0 unspecified atom stereocenters. The third kappa shape index (κ3) is 4.46. The number of aliphatic hydroxyl groups is 1. The minimum Gasteiger partial charge on any atom is -0.444 e. The molecule has 1 fully saturated rings. The van der Waals surface area contributed by atoms with Gasteiger partial charge in [-0.3, -0.25) is 0 Å². The minimum atomic E-state index is -0.488. The molecule has 1 aromatic carbocycles. The largest absolute Gasteiger partial charge is 0.444 e. The van der Waals surface area contributed by atoms with E-state index in [1.54, 1.807) is 0 Å². The van der Waals surface area contributed by atoms with E-state index in [2.05, 4.69) is 17.4 Å². The first-order valence-corrected chi connectivity index (χ1v) is 7.54. The van der Waals surface area contributed by atoms with Crippen molar-refractivity contribution < 1.29 is 14.6 Å². The van der Waals surface area contributed by atoms with Crippen molar-refractivity contribution in [2.75, 3.05) is 6.61 Å². The number of benzene rings is 1. The van der Waals surface area contributed by atoms with Crippen molar-refractivity contribution in [3.63, 3.8) is 0 Å². The number of carbonyl (C=O) groups excluding carboxylic acids is 1. The van der Waals surface area contributed by atoms with Crippen LogP contribution in [0.15, 0.2) is 30.3 Å². The molecule has 0 aliphatic heterocycles. The molecule has 4 heteroatoms. The van der Waals surface area contributed by atoms with Crippen molar-refractivity contribution in [3.8, 4) is 0 Å². The summed E-state index contributed by atoms with van der Waals surface area (Å²) in [5.74, 6) is 0.475. The van der Waals surface area contributed by atoms with Crippen LogP contribution in [-0.2, 0) is 4.74 Å². The fourth-order valence-electron chi connectivity index (χ4n) is 3.03. The van der Waals surface area contributed by atoms with E-state index in [0.717, 1.165) is 12.8 Å². The Balaban J connectivity index is 1.98. The van der Waals surface area contributed by atoms with Gasteiger partial charge in [-0.1, -0.05) is 30.3 Å². The van der Waals surface area contributed by atoms with E-state index in [1.165, 1.54) is 5.56 Å². The minimum absolute atomic E-state index is 0.0576. The van der Waals surface area contributed by atoms with Gasteiger partial charge in [-0.2, -0.15) is 0 Å². The molecule has 21 heavy (non-hydrogen) atoms. The monoisotopic (exact) mass is 291 g/mol. The van der Waals surface area contributed by atoms with Crippen LogP contribution >= 0.6 is 0 Å². The molecule has 1 amide bonds. The molecule has 0 saturated heterocycles. The number of nitrogens with one attached hydrogen (secondary N) is 1. The zero-order chi connectivity index (χ0) is 15.5. The highest BCUT2D eigenvalue weighted by molar-refractivity contribution is 5.68. The van der Waals surface area contributed by atoms with Crippen molar-refractivity contribution in [1.82, 2.24) is 5.32 Å². The molecule has 116 valence electrons. The highest BCUT2D eigenvalue weighted by Gasteiger charge is 2.36. The van der Waals surface area contributed by atoms with Gasteiger partial charge in [0.05, 0.1) is 0 Å². The van der Waals surface area contributed by atoms with Gasteiger partial charge in [0.2, 0.25) is 0 Å². The van der Waals surface area contributed by atoms with E-state index in [1.807, 2.05) is 39.0 Å². The molecule has 4 nitrogen and oxygen atoms in total. The van der Waals surface area contributed by atoms with Gasteiger partial charge in [0, 0.05) is 12.6 Å². The van der Waals surface area contributed by atoms with Crippen LogP contribution in [0.4, 0.5) is 4.79 Å². The van der Waals surface area contributed by atoms with Crippen LogP contribution in [0.1, 0.15) is 45.1 Å². The van der Waals surface area contributed by atoms with E-state index in [0.29, 0.717) is 0 Å². The Kier molecular flexibility index (Phi) is 4.88. The molecule has 0 heterocycles. The summed E-state index contributed by atoms with van der Waals surface area (Å²) in [5.41, 5.74) is 0.739. The quantitative estimate of drug-likeness (QED) is 0.900. The van der Waals surface area contributed by atoms with Crippen LogP contribution in [0.2, 0.25) is 0 Å². The number of hydrogen-bond donors (Lipinski definition) is 2. The van der Waals surface area contributed by atoms with Crippen molar-refractivity contribution in [1.29, 1.82) is 0 Å². The van der Waals surface area contributed by atoms with E-state index in [4.69, 9.17) is 4.74 Å². The predicted octanol–water partition coefficient (Wildman–Crippen LogP) is 3.07. The number of hydrogen-bond acceptors (Lipinski definition) is 3. The van der Waals surface area contributed by atoms with Gasteiger partial charge < -0.3 is 15.2 Å². The summed E-state index contributed by atoms with van der Waals surface area (Å²) < 4.78 is 5.30. The molecule has 1 aliphatic carbocycles. The zero-order valence-electron chi connectivity index (χ0n) is 13.0. The summed E-state index contributed by atoms with van der Waals surface area (Å²) >= 11 is 0. The first-order valence-electron chi connectivity index (χ1n) is 7.54. The summed E-state index contributed by atoms with van der Waals surface area (Å²) in [7, 11) is 0. The molecule has 1 saturated carbocycles. The first kappa shape index (κ1) is 15.8. The van der Waals surface area contributed by atoms with Crippen molar-refractivity contribution in [2.24, 2.45) is 5.92 Å². The molecule has 2 N–H and O–H groups in total. The van der Waals surface area contributed by atoms with E-state index in [-0.39, 0.29) is 30.6 Å². The van der Waals surface area contributed by atoms with Crippen LogP contribution in [0.3, 0.4) is 0 Å². The van der Waals surface area contributed by atoms with Gasteiger partial charge in [0.25, 0.3) is 0 Å². The summed E-state index contributed by atoms with van der Waals surface area (Å²) in [4.78, 5) is 11.9. The lowest BCUT2D eigenvalue weighted by Gasteiger charge is -2.21. The van der Waals surface area contributed by atoms with Gasteiger partial charge in [-0.25, -0.2) is 4.79 Å². The van der Waals surface area contributed by atoms with Gasteiger partial charge in [-0.15, -0.1) is 0 Å². The highest BCUT2D eigenvalue weighted by atomic mass is 16.6. The van der Waals surface area contributed by atoms with Gasteiger partial charge in [0.1, 0.15) is 5.60 Å². The number of amides is 1. The standard InChI is InChI=1S/C17H25NO3/c1-17(2,3)21-16(20)18-14-9-13(11-19)15(10-14)12-7-5-4-6-8-12/h4-8,13-15,19H,9-11H2,1-3H3,(H,18,20)/t13-,14+,15-/m1/s1.